The van der Waals surface area contributed by atoms with Gasteiger partial charge in [-0.15, -0.1) is 0 Å². The molecule has 0 saturated carbocycles. The zero-order chi connectivity index (χ0) is 41.5. The summed E-state index contributed by atoms with van der Waals surface area (Å²) in [6.45, 7) is 12.3. The third kappa shape index (κ3) is 5.91. The summed E-state index contributed by atoms with van der Waals surface area (Å²) in [5, 5.41) is 58.1. The van der Waals surface area contributed by atoms with Crippen LogP contribution in [-0.4, -0.2) is 60.9 Å². The van der Waals surface area contributed by atoms with E-state index in [0.717, 1.165) is 27.8 Å². The SMILES string of the molecule is COc1cc(O)c(-c2cc(-c3c(C)cc(O)c4c(OC)ccc(-c5c(O)cc(OC)c6c5C[C@@H](C)N[C@@H]6C)c34)c(O)c3c(OC)cc(C)cc23)c2c1[C@H](C)N[C@H](C)C2. The summed E-state index contributed by atoms with van der Waals surface area (Å²) < 4.78 is 23.6. The van der Waals surface area contributed by atoms with Gasteiger partial charge in [0.1, 0.15) is 46.0 Å². The molecule has 0 spiro atoms. The second-order valence-electron chi connectivity index (χ2n) is 16.1. The second kappa shape index (κ2) is 14.5. The molecule has 0 unspecified atom stereocenters. The second-order valence-corrected chi connectivity index (χ2v) is 16.1. The first kappa shape index (κ1) is 39.0. The Balaban J connectivity index is 1.57. The van der Waals surface area contributed by atoms with E-state index < -0.39 is 0 Å². The Bertz CT molecular complexity index is 2670. The van der Waals surface area contributed by atoms with E-state index in [1.165, 1.54) is 0 Å². The molecule has 8 rings (SSSR count). The zero-order valence-corrected chi connectivity index (χ0v) is 34.8. The summed E-state index contributed by atoms with van der Waals surface area (Å²) in [5.41, 5.74) is 9.06. The number of nitrogens with one attached hydrogen (secondary N) is 2. The molecule has 4 atom stereocenters. The molecular formula is C48H52N2O8. The molecule has 6 aromatic carbocycles. The van der Waals surface area contributed by atoms with E-state index in [9.17, 15) is 20.4 Å². The quantitative estimate of drug-likeness (QED) is 0.0927. The molecule has 0 radical (unpaired) electrons. The van der Waals surface area contributed by atoms with Crippen LogP contribution in [0.25, 0.3) is 54.9 Å². The Hall–Kier alpha value is -5.84. The first-order chi connectivity index (χ1) is 27.7. The fraction of sp³-hybridized carbons (Fsp3) is 0.333. The number of phenols is 4. The Kier molecular flexibility index (Phi) is 9.76. The Morgan fingerprint density at radius 3 is 1.59 bits per heavy atom. The normalized spacial score (nSPS) is 18.9. The highest BCUT2D eigenvalue weighted by molar-refractivity contribution is 6.17. The van der Waals surface area contributed by atoms with Crippen LogP contribution in [-0.2, 0) is 12.8 Å². The molecule has 0 saturated heterocycles. The van der Waals surface area contributed by atoms with Crippen molar-refractivity contribution in [1.82, 2.24) is 10.6 Å². The molecule has 0 fully saturated rings. The van der Waals surface area contributed by atoms with Gasteiger partial charge in [0.05, 0.1) is 39.2 Å². The van der Waals surface area contributed by atoms with Crippen molar-refractivity contribution in [3.63, 3.8) is 0 Å². The third-order valence-electron chi connectivity index (χ3n) is 12.2. The average molecular weight is 785 g/mol. The molecule has 0 aromatic heterocycles. The summed E-state index contributed by atoms with van der Waals surface area (Å²) in [5.74, 6) is 2.12. The number of ether oxygens (including phenoxy) is 4. The largest absolute Gasteiger partial charge is 0.507 e. The van der Waals surface area contributed by atoms with Gasteiger partial charge >= 0.3 is 0 Å². The number of rotatable bonds is 7. The van der Waals surface area contributed by atoms with E-state index in [1.807, 2.05) is 38.1 Å². The summed E-state index contributed by atoms with van der Waals surface area (Å²) >= 11 is 0. The van der Waals surface area contributed by atoms with E-state index in [0.29, 0.717) is 96.3 Å². The smallest absolute Gasteiger partial charge is 0.135 e. The number of fused-ring (bicyclic) bond motifs is 4. The van der Waals surface area contributed by atoms with E-state index in [-0.39, 0.29) is 47.2 Å². The predicted octanol–water partition coefficient (Wildman–Crippen LogP) is 9.66. The van der Waals surface area contributed by atoms with Gasteiger partial charge in [-0.1, -0.05) is 6.07 Å². The molecule has 6 aromatic rings. The van der Waals surface area contributed by atoms with E-state index in [2.05, 4.69) is 38.3 Å². The summed E-state index contributed by atoms with van der Waals surface area (Å²) in [6.07, 6.45) is 1.23. The maximum atomic E-state index is 12.7. The van der Waals surface area contributed by atoms with Crippen LogP contribution in [0.3, 0.4) is 0 Å². The number of benzene rings is 6. The topological polar surface area (TPSA) is 142 Å². The summed E-state index contributed by atoms with van der Waals surface area (Å²) in [7, 11) is 6.36. The fourth-order valence-corrected chi connectivity index (χ4v) is 10.0. The van der Waals surface area contributed by atoms with Gasteiger partial charge < -0.3 is 50.0 Å². The van der Waals surface area contributed by atoms with E-state index in [1.54, 1.807) is 52.7 Å². The highest BCUT2D eigenvalue weighted by atomic mass is 16.5. The number of phenolic OH excluding ortho intramolecular Hbond substituents is 4. The highest BCUT2D eigenvalue weighted by Crippen LogP contribution is 2.56. The van der Waals surface area contributed by atoms with Gasteiger partial charge in [0, 0.05) is 69.5 Å². The molecule has 0 aliphatic carbocycles. The highest BCUT2D eigenvalue weighted by Gasteiger charge is 2.34. The van der Waals surface area contributed by atoms with Crippen LogP contribution in [0.2, 0.25) is 0 Å². The third-order valence-corrected chi connectivity index (χ3v) is 12.2. The number of hydrogen-bond donors (Lipinski definition) is 6. The molecule has 0 amide bonds. The number of methoxy groups -OCH3 is 4. The lowest BCUT2D eigenvalue weighted by molar-refractivity contribution is 0.376. The first-order valence-electron chi connectivity index (χ1n) is 19.8. The standard InChI is InChI=1S/C48H52N2O8/c1-21-13-28-29(44-31-17-24(4)50-26(6)42(31)39(58-10)20-35(44)53)18-32(48(54)45(28)37(14-21)56-8)40-22(2)15-33(51)47-36(55-7)12-11-27(46(40)47)43-30-16-23(3)49-25(5)41(30)38(57-9)19-34(43)52/h11-15,18-20,23-26,49-54H,16-17H2,1-10H3/t23-,24-,25-,26+/m1/s1. The van der Waals surface area contributed by atoms with Crippen molar-refractivity contribution in [3.05, 3.63) is 81.9 Å². The van der Waals surface area contributed by atoms with E-state index >= 15 is 0 Å². The molecule has 10 heteroatoms. The minimum atomic E-state index is -0.0704. The molecule has 2 aliphatic heterocycles. The average Bonchev–Trinajstić information content (AvgIpc) is 3.17. The van der Waals surface area contributed by atoms with E-state index in [4.69, 9.17) is 18.9 Å². The monoisotopic (exact) mass is 784 g/mol. The molecule has 0 bridgehead atoms. The minimum Gasteiger partial charge on any atom is -0.507 e. The van der Waals surface area contributed by atoms with Crippen molar-refractivity contribution in [2.24, 2.45) is 0 Å². The lowest BCUT2D eigenvalue weighted by atomic mass is 9.79. The van der Waals surface area contributed by atoms with Gasteiger partial charge in [-0.25, -0.2) is 0 Å². The van der Waals surface area contributed by atoms with Gasteiger partial charge in [0.2, 0.25) is 0 Å². The van der Waals surface area contributed by atoms with Crippen molar-refractivity contribution in [1.29, 1.82) is 0 Å². The van der Waals surface area contributed by atoms with Crippen molar-refractivity contribution < 1.29 is 39.4 Å². The van der Waals surface area contributed by atoms with Gasteiger partial charge in [-0.3, -0.25) is 0 Å². The van der Waals surface area contributed by atoms with Crippen molar-refractivity contribution in [2.45, 2.75) is 78.6 Å². The van der Waals surface area contributed by atoms with Gasteiger partial charge in [-0.2, -0.15) is 0 Å². The van der Waals surface area contributed by atoms with Crippen LogP contribution in [0.15, 0.2) is 48.5 Å². The van der Waals surface area contributed by atoms with Crippen LogP contribution >= 0.6 is 0 Å². The molecule has 6 N–H and O–H groups in total. The lowest BCUT2D eigenvalue weighted by Gasteiger charge is -2.33. The van der Waals surface area contributed by atoms with Crippen LogP contribution in [0.1, 0.15) is 73.2 Å². The van der Waals surface area contributed by atoms with Gasteiger partial charge in [-0.05, 0) is 129 Å². The lowest BCUT2D eigenvalue weighted by Crippen LogP contribution is -2.36. The molecule has 2 heterocycles. The van der Waals surface area contributed by atoms with Gasteiger partial charge in [0.15, 0.2) is 0 Å². The molecule has 2 aliphatic rings. The molecule has 302 valence electrons. The van der Waals surface area contributed by atoms with Crippen LogP contribution in [0.5, 0.6) is 46.0 Å². The Labute approximate surface area is 339 Å². The molecule has 10 nitrogen and oxygen atoms in total. The molecular weight excluding hydrogens is 733 g/mol. The van der Waals surface area contributed by atoms with Crippen molar-refractivity contribution in [3.8, 4) is 79.4 Å². The first-order valence-corrected chi connectivity index (χ1v) is 19.8. The number of aryl methyl sites for hydroxylation is 2. The van der Waals surface area contributed by atoms with Crippen LogP contribution in [0.4, 0.5) is 0 Å². The van der Waals surface area contributed by atoms with Crippen molar-refractivity contribution in [2.75, 3.05) is 28.4 Å². The number of aromatic hydroxyl groups is 4. The number of hydrogen-bond acceptors (Lipinski definition) is 10. The summed E-state index contributed by atoms with van der Waals surface area (Å²) in [4.78, 5) is 0. The minimum absolute atomic E-state index is 0.00808. The molecule has 58 heavy (non-hydrogen) atoms. The Morgan fingerprint density at radius 2 is 1.05 bits per heavy atom. The summed E-state index contributed by atoms with van der Waals surface area (Å²) in [6, 6.07) is 14.6. The van der Waals surface area contributed by atoms with Crippen LogP contribution < -0.4 is 29.6 Å². The van der Waals surface area contributed by atoms with Crippen molar-refractivity contribution >= 4 is 21.5 Å². The fourth-order valence-electron chi connectivity index (χ4n) is 10.0. The predicted molar refractivity (Wildman–Crippen MR) is 230 cm³/mol. The zero-order valence-electron chi connectivity index (χ0n) is 34.8. The van der Waals surface area contributed by atoms with Gasteiger partial charge in [0.25, 0.3) is 0 Å². The maximum Gasteiger partial charge on any atom is 0.135 e. The Morgan fingerprint density at radius 1 is 0.517 bits per heavy atom. The maximum absolute atomic E-state index is 12.7. The van der Waals surface area contributed by atoms with Crippen LogP contribution in [0, 0.1) is 13.8 Å².